The predicted octanol–water partition coefficient (Wildman–Crippen LogP) is 4.42. The van der Waals surface area contributed by atoms with Crippen LogP contribution in [0.25, 0.3) is 12.2 Å². The quantitative estimate of drug-likeness (QED) is 0.452. The first kappa shape index (κ1) is 19.2. The maximum Gasteiger partial charge on any atom is 0.315 e. The van der Waals surface area contributed by atoms with Crippen LogP contribution in [0.15, 0.2) is 66.9 Å². The average molecular weight is 375 g/mol. The number of methoxy groups -OCH3 is 2. The van der Waals surface area contributed by atoms with Gasteiger partial charge in [0.15, 0.2) is 11.5 Å². The topological polar surface area (TPSA) is 57.7 Å². The molecule has 1 aromatic heterocycles. The monoisotopic (exact) mass is 375 g/mol. The summed E-state index contributed by atoms with van der Waals surface area (Å²) >= 11 is 0. The van der Waals surface area contributed by atoms with E-state index in [1.165, 1.54) is 0 Å². The van der Waals surface area contributed by atoms with Gasteiger partial charge in [-0.2, -0.15) is 0 Å². The van der Waals surface area contributed by atoms with E-state index in [0.717, 1.165) is 22.6 Å². The van der Waals surface area contributed by atoms with E-state index in [1.54, 1.807) is 26.5 Å². The molecule has 0 saturated carbocycles. The highest BCUT2D eigenvalue weighted by Gasteiger charge is 2.11. The molecule has 3 aromatic rings. The largest absolute Gasteiger partial charge is 0.497 e. The molecule has 0 atom stereocenters. The van der Waals surface area contributed by atoms with Crippen molar-refractivity contribution in [3.63, 3.8) is 0 Å². The van der Waals surface area contributed by atoms with Crippen molar-refractivity contribution in [2.24, 2.45) is 0 Å². The van der Waals surface area contributed by atoms with Crippen molar-refractivity contribution in [2.45, 2.75) is 6.42 Å². The Balaban J connectivity index is 1.67. The second-order valence-corrected chi connectivity index (χ2v) is 6.00. The summed E-state index contributed by atoms with van der Waals surface area (Å²) in [6.45, 7) is 0. The first-order valence-corrected chi connectivity index (χ1v) is 8.78. The highest BCUT2D eigenvalue weighted by molar-refractivity contribution is 5.76. The molecule has 3 rings (SSSR count). The number of ether oxygens (including phenoxy) is 3. The summed E-state index contributed by atoms with van der Waals surface area (Å²) in [5.74, 6) is 1.26. The van der Waals surface area contributed by atoms with Crippen LogP contribution in [-0.4, -0.2) is 25.2 Å². The molecule has 0 aliphatic heterocycles. The Morgan fingerprint density at radius 1 is 0.929 bits per heavy atom. The van der Waals surface area contributed by atoms with Crippen LogP contribution in [0.3, 0.4) is 0 Å². The number of rotatable bonds is 7. The molecule has 2 aromatic carbocycles. The molecule has 28 heavy (non-hydrogen) atoms. The van der Waals surface area contributed by atoms with Gasteiger partial charge in [0.2, 0.25) is 0 Å². The Kier molecular flexibility index (Phi) is 6.41. The first-order chi connectivity index (χ1) is 13.7. The number of pyridine rings is 1. The number of carbonyl (C=O) groups is 1. The molecule has 0 fully saturated rings. The average Bonchev–Trinajstić information content (AvgIpc) is 2.74. The lowest BCUT2D eigenvalue weighted by molar-refractivity contribution is -0.133. The Hall–Kier alpha value is -3.60. The minimum atomic E-state index is -0.361. The molecule has 0 spiro atoms. The number of nitrogens with zero attached hydrogens (tertiary/aromatic N) is 1. The minimum absolute atomic E-state index is 0.161. The van der Waals surface area contributed by atoms with Crippen LogP contribution in [0.2, 0.25) is 0 Å². The summed E-state index contributed by atoms with van der Waals surface area (Å²) in [5, 5.41) is 0. The van der Waals surface area contributed by atoms with Crippen molar-refractivity contribution < 1.29 is 19.0 Å². The summed E-state index contributed by atoms with van der Waals surface area (Å²) in [4.78, 5) is 16.5. The zero-order valence-corrected chi connectivity index (χ0v) is 15.8. The Morgan fingerprint density at radius 2 is 1.75 bits per heavy atom. The fourth-order valence-electron chi connectivity index (χ4n) is 2.60. The number of aromatic nitrogens is 1. The summed E-state index contributed by atoms with van der Waals surface area (Å²) in [6, 6.07) is 18.4. The standard InChI is InChI=1S/C23H21NO4/c1-26-20-11-7-18(8-12-20)16-23(25)28-21-13-9-17(15-22(21)27-2)6-10-19-5-3-4-14-24-19/h3-15H,16H2,1-2H3/b10-6+. The van der Waals surface area contributed by atoms with Crippen molar-refractivity contribution in [1.29, 1.82) is 0 Å². The lowest BCUT2D eigenvalue weighted by atomic mass is 10.1. The van der Waals surface area contributed by atoms with Crippen molar-refractivity contribution >= 4 is 18.1 Å². The third-order valence-corrected chi connectivity index (χ3v) is 4.05. The van der Waals surface area contributed by atoms with Crippen LogP contribution in [0.5, 0.6) is 17.2 Å². The van der Waals surface area contributed by atoms with E-state index in [1.807, 2.05) is 66.7 Å². The van der Waals surface area contributed by atoms with Crippen LogP contribution in [0.1, 0.15) is 16.8 Å². The summed E-state index contributed by atoms with van der Waals surface area (Å²) < 4.78 is 16.0. The van der Waals surface area contributed by atoms with Crippen LogP contribution in [0.4, 0.5) is 0 Å². The normalized spacial score (nSPS) is 10.6. The van der Waals surface area contributed by atoms with Gasteiger partial charge in [-0.05, 0) is 53.6 Å². The smallest absolute Gasteiger partial charge is 0.315 e. The molecule has 0 unspecified atom stereocenters. The molecular formula is C23H21NO4. The van der Waals surface area contributed by atoms with Gasteiger partial charge in [0.1, 0.15) is 5.75 Å². The van der Waals surface area contributed by atoms with Gasteiger partial charge in [-0.3, -0.25) is 9.78 Å². The maximum atomic E-state index is 12.3. The fourth-order valence-corrected chi connectivity index (χ4v) is 2.60. The van der Waals surface area contributed by atoms with Crippen LogP contribution < -0.4 is 14.2 Å². The van der Waals surface area contributed by atoms with Crippen molar-refractivity contribution in [3.8, 4) is 17.2 Å². The molecule has 1 heterocycles. The van der Waals surface area contributed by atoms with E-state index in [2.05, 4.69) is 4.98 Å². The molecule has 0 aliphatic rings. The van der Waals surface area contributed by atoms with Gasteiger partial charge in [0.05, 0.1) is 26.3 Å². The van der Waals surface area contributed by atoms with E-state index in [0.29, 0.717) is 11.5 Å². The highest BCUT2D eigenvalue weighted by atomic mass is 16.6. The molecule has 5 nitrogen and oxygen atoms in total. The first-order valence-electron chi connectivity index (χ1n) is 8.78. The zero-order valence-electron chi connectivity index (χ0n) is 15.8. The number of hydrogen-bond donors (Lipinski definition) is 0. The lowest BCUT2D eigenvalue weighted by Crippen LogP contribution is -2.11. The summed E-state index contributed by atoms with van der Waals surface area (Å²) in [7, 11) is 3.15. The maximum absolute atomic E-state index is 12.3. The second kappa shape index (κ2) is 9.37. The van der Waals surface area contributed by atoms with E-state index in [-0.39, 0.29) is 12.4 Å². The van der Waals surface area contributed by atoms with E-state index >= 15 is 0 Å². The van der Waals surface area contributed by atoms with Crippen LogP contribution in [0, 0.1) is 0 Å². The number of benzene rings is 2. The minimum Gasteiger partial charge on any atom is -0.497 e. The van der Waals surface area contributed by atoms with E-state index in [9.17, 15) is 4.79 Å². The number of esters is 1. The van der Waals surface area contributed by atoms with Gasteiger partial charge in [0, 0.05) is 6.20 Å². The third kappa shape index (κ3) is 5.20. The van der Waals surface area contributed by atoms with Gasteiger partial charge in [-0.15, -0.1) is 0 Å². The molecule has 0 bridgehead atoms. The van der Waals surface area contributed by atoms with E-state index < -0.39 is 0 Å². The zero-order chi connectivity index (χ0) is 19.8. The van der Waals surface area contributed by atoms with Crippen molar-refractivity contribution in [2.75, 3.05) is 14.2 Å². The summed E-state index contributed by atoms with van der Waals surface area (Å²) in [6.07, 6.45) is 5.73. The SMILES string of the molecule is COc1ccc(CC(=O)Oc2ccc(/C=C/c3ccccn3)cc2OC)cc1. The predicted molar refractivity (Wildman–Crippen MR) is 108 cm³/mol. The Morgan fingerprint density at radius 3 is 2.43 bits per heavy atom. The molecule has 0 radical (unpaired) electrons. The fraction of sp³-hybridized carbons (Fsp3) is 0.130. The highest BCUT2D eigenvalue weighted by Crippen LogP contribution is 2.29. The van der Waals surface area contributed by atoms with Gasteiger partial charge >= 0.3 is 5.97 Å². The molecule has 0 saturated heterocycles. The molecular weight excluding hydrogens is 354 g/mol. The summed E-state index contributed by atoms with van der Waals surface area (Å²) in [5.41, 5.74) is 2.62. The van der Waals surface area contributed by atoms with Crippen LogP contribution in [-0.2, 0) is 11.2 Å². The molecule has 0 N–H and O–H groups in total. The second-order valence-electron chi connectivity index (χ2n) is 6.00. The number of hydrogen-bond acceptors (Lipinski definition) is 5. The van der Waals surface area contributed by atoms with Crippen molar-refractivity contribution in [1.82, 2.24) is 4.98 Å². The van der Waals surface area contributed by atoms with Crippen LogP contribution >= 0.6 is 0 Å². The van der Waals surface area contributed by atoms with E-state index in [4.69, 9.17) is 14.2 Å². The van der Waals surface area contributed by atoms with Crippen molar-refractivity contribution in [3.05, 3.63) is 83.7 Å². The Bertz CT molecular complexity index is 950. The Labute approximate surface area is 164 Å². The molecule has 142 valence electrons. The molecule has 0 amide bonds. The van der Waals surface area contributed by atoms with Gasteiger partial charge in [-0.1, -0.05) is 30.3 Å². The molecule has 5 heteroatoms. The molecule has 0 aliphatic carbocycles. The number of carbonyl (C=O) groups excluding carboxylic acids is 1. The lowest BCUT2D eigenvalue weighted by Gasteiger charge is -2.10. The van der Waals surface area contributed by atoms with Gasteiger partial charge in [-0.25, -0.2) is 0 Å². The third-order valence-electron chi connectivity index (χ3n) is 4.05. The van der Waals surface area contributed by atoms with Gasteiger partial charge in [0.25, 0.3) is 0 Å². The van der Waals surface area contributed by atoms with Gasteiger partial charge < -0.3 is 14.2 Å².